The van der Waals surface area contributed by atoms with Gasteiger partial charge in [-0.25, -0.2) is 9.18 Å². The number of carbonyl (C=O) groups excluding carboxylic acids is 1. The molecule has 0 saturated carbocycles. The number of hydrogen-bond acceptors (Lipinski definition) is 1. The first-order chi connectivity index (χ1) is 11.6. The molecule has 24 heavy (non-hydrogen) atoms. The van der Waals surface area contributed by atoms with Crippen molar-refractivity contribution in [2.24, 2.45) is 0 Å². The molecule has 3 rings (SSSR count). The largest absolute Gasteiger partial charge is 0.322 e. The van der Waals surface area contributed by atoms with Gasteiger partial charge in [0.15, 0.2) is 0 Å². The molecule has 0 spiro atoms. The number of rotatable bonds is 2. The molecular formula is C19H20ClFN2O. The van der Waals surface area contributed by atoms with E-state index in [4.69, 9.17) is 11.6 Å². The molecule has 0 unspecified atom stereocenters. The first kappa shape index (κ1) is 16.8. The Kier molecular flexibility index (Phi) is 5.36. The number of hydrogen-bond donors (Lipinski definition) is 1. The van der Waals surface area contributed by atoms with Crippen LogP contribution in [0.5, 0.6) is 0 Å². The second-order valence-electron chi connectivity index (χ2n) is 6.05. The summed E-state index contributed by atoms with van der Waals surface area (Å²) in [6, 6.07) is 13.3. The summed E-state index contributed by atoms with van der Waals surface area (Å²) in [5, 5.41) is 3.48. The van der Waals surface area contributed by atoms with Crippen LogP contribution in [0.25, 0.3) is 0 Å². The molecule has 1 aliphatic heterocycles. The second-order valence-corrected chi connectivity index (χ2v) is 6.49. The fraction of sp³-hybridized carbons (Fsp3) is 0.316. The standard InChI is InChI=1S/C19H20ClFN2O/c20-15-7-5-9-17(13-15)22-19(24)23-11-3-1-2-10-18(23)14-6-4-8-16(21)12-14/h4-9,12-13,18H,1-3,10-11H2,(H,22,24)/t18-/m0/s1. The number of nitrogens with one attached hydrogen (secondary N) is 1. The number of halogens is 2. The van der Waals surface area contributed by atoms with Gasteiger partial charge < -0.3 is 10.2 Å². The lowest BCUT2D eigenvalue weighted by atomic mass is 10.0. The molecule has 5 heteroatoms. The maximum absolute atomic E-state index is 13.6. The molecule has 126 valence electrons. The number of amides is 2. The summed E-state index contributed by atoms with van der Waals surface area (Å²) in [6.07, 6.45) is 3.90. The number of likely N-dealkylation sites (tertiary alicyclic amines) is 1. The Bertz CT molecular complexity index is 722. The van der Waals surface area contributed by atoms with Crippen LogP contribution in [0, 0.1) is 5.82 Å². The van der Waals surface area contributed by atoms with Crippen molar-refractivity contribution in [3.63, 3.8) is 0 Å². The molecule has 0 aromatic heterocycles. The minimum Gasteiger partial charge on any atom is -0.317 e. The fourth-order valence-electron chi connectivity index (χ4n) is 3.17. The van der Waals surface area contributed by atoms with E-state index in [0.717, 1.165) is 31.2 Å². The van der Waals surface area contributed by atoms with Gasteiger partial charge in [0.05, 0.1) is 6.04 Å². The maximum atomic E-state index is 13.6. The molecule has 1 saturated heterocycles. The Morgan fingerprint density at radius 3 is 2.75 bits per heavy atom. The third kappa shape index (κ3) is 4.06. The minimum atomic E-state index is -0.271. The van der Waals surface area contributed by atoms with E-state index in [1.54, 1.807) is 30.3 Å². The smallest absolute Gasteiger partial charge is 0.317 e. The lowest BCUT2D eigenvalue weighted by Gasteiger charge is -2.30. The van der Waals surface area contributed by atoms with Gasteiger partial charge in [-0.05, 0) is 48.7 Å². The van der Waals surface area contributed by atoms with Crippen molar-refractivity contribution in [1.82, 2.24) is 4.90 Å². The van der Waals surface area contributed by atoms with E-state index in [2.05, 4.69) is 5.32 Å². The van der Waals surface area contributed by atoms with E-state index >= 15 is 0 Å². The molecule has 1 heterocycles. The highest BCUT2D eigenvalue weighted by Gasteiger charge is 2.27. The van der Waals surface area contributed by atoms with Crippen LogP contribution in [0.1, 0.15) is 37.3 Å². The summed E-state index contributed by atoms with van der Waals surface area (Å²) >= 11 is 5.98. The van der Waals surface area contributed by atoms with Crippen LogP contribution in [0.3, 0.4) is 0 Å². The summed E-state index contributed by atoms with van der Waals surface area (Å²) < 4.78 is 13.6. The summed E-state index contributed by atoms with van der Waals surface area (Å²) in [7, 11) is 0. The van der Waals surface area contributed by atoms with E-state index in [9.17, 15) is 9.18 Å². The monoisotopic (exact) mass is 346 g/mol. The summed E-state index contributed by atoms with van der Waals surface area (Å²) in [4.78, 5) is 14.6. The van der Waals surface area contributed by atoms with Crippen LogP contribution in [0.2, 0.25) is 5.02 Å². The molecule has 2 aromatic carbocycles. The van der Waals surface area contributed by atoms with E-state index in [1.807, 2.05) is 11.0 Å². The lowest BCUT2D eigenvalue weighted by Crippen LogP contribution is -2.38. The lowest BCUT2D eigenvalue weighted by molar-refractivity contribution is 0.189. The molecule has 1 aliphatic rings. The van der Waals surface area contributed by atoms with Crippen LogP contribution >= 0.6 is 11.6 Å². The van der Waals surface area contributed by atoms with Gasteiger partial charge in [0.25, 0.3) is 0 Å². The molecular weight excluding hydrogens is 327 g/mol. The Hall–Kier alpha value is -2.07. The van der Waals surface area contributed by atoms with Crippen LogP contribution < -0.4 is 5.32 Å². The number of urea groups is 1. The maximum Gasteiger partial charge on any atom is 0.322 e. The van der Waals surface area contributed by atoms with Crippen LogP contribution in [0.4, 0.5) is 14.9 Å². The Morgan fingerprint density at radius 2 is 1.96 bits per heavy atom. The first-order valence-corrected chi connectivity index (χ1v) is 8.60. The zero-order valence-electron chi connectivity index (χ0n) is 13.3. The zero-order chi connectivity index (χ0) is 16.9. The molecule has 0 aliphatic carbocycles. The van der Waals surface area contributed by atoms with Gasteiger partial charge in [-0.3, -0.25) is 0 Å². The SMILES string of the molecule is O=C(Nc1cccc(Cl)c1)N1CCCCC[C@H]1c1cccc(F)c1. The van der Waals surface area contributed by atoms with Crippen molar-refractivity contribution in [1.29, 1.82) is 0 Å². The quantitative estimate of drug-likeness (QED) is 0.751. The molecule has 2 aromatic rings. The van der Waals surface area contributed by atoms with Crippen molar-refractivity contribution in [3.05, 3.63) is 64.9 Å². The molecule has 1 N–H and O–H groups in total. The number of carbonyl (C=O) groups is 1. The van der Waals surface area contributed by atoms with Gasteiger partial charge >= 0.3 is 6.03 Å². The van der Waals surface area contributed by atoms with Gasteiger partial charge in [0.1, 0.15) is 5.82 Å². The van der Waals surface area contributed by atoms with Crippen molar-refractivity contribution in [2.45, 2.75) is 31.7 Å². The second kappa shape index (κ2) is 7.67. The zero-order valence-corrected chi connectivity index (χ0v) is 14.1. The van der Waals surface area contributed by atoms with Crippen molar-refractivity contribution in [3.8, 4) is 0 Å². The van der Waals surface area contributed by atoms with Gasteiger partial charge in [-0.2, -0.15) is 0 Å². The topological polar surface area (TPSA) is 32.3 Å². The van der Waals surface area contributed by atoms with E-state index < -0.39 is 0 Å². The molecule has 1 fully saturated rings. The normalized spacial score (nSPS) is 18.1. The Labute approximate surface area is 146 Å². The highest BCUT2D eigenvalue weighted by atomic mass is 35.5. The number of nitrogens with zero attached hydrogens (tertiary/aromatic N) is 1. The summed E-state index contributed by atoms with van der Waals surface area (Å²) in [5.41, 5.74) is 1.51. The van der Waals surface area contributed by atoms with Crippen LogP contribution in [-0.2, 0) is 0 Å². The van der Waals surface area contributed by atoms with Gasteiger partial charge in [0.2, 0.25) is 0 Å². The predicted molar refractivity (Wildman–Crippen MR) is 94.8 cm³/mol. The fourth-order valence-corrected chi connectivity index (χ4v) is 3.36. The third-order valence-electron chi connectivity index (χ3n) is 4.32. The molecule has 1 atom stereocenters. The molecule has 2 amide bonds. The molecule has 0 radical (unpaired) electrons. The number of benzene rings is 2. The van der Waals surface area contributed by atoms with Crippen molar-refractivity contribution in [2.75, 3.05) is 11.9 Å². The van der Waals surface area contributed by atoms with E-state index in [-0.39, 0.29) is 17.9 Å². The van der Waals surface area contributed by atoms with Gasteiger partial charge in [-0.15, -0.1) is 0 Å². The van der Waals surface area contributed by atoms with Crippen molar-refractivity contribution < 1.29 is 9.18 Å². The highest BCUT2D eigenvalue weighted by Crippen LogP contribution is 2.31. The summed E-state index contributed by atoms with van der Waals surface area (Å²) in [5.74, 6) is -0.271. The third-order valence-corrected chi connectivity index (χ3v) is 4.56. The van der Waals surface area contributed by atoms with Gasteiger partial charge in [0, 0.05) is 17.3 Å². The first-order valence-electron chi connectivity index (χ1n) is 8.22. The minimum absolute atomic E-state index is 0.109. The molecule has 0 bridgehead atoms. The molecule has 3 nitrogen and oxygen atoms in total. The van der Waals surface area contributed by atoms with Crippen LogP contribution in [0.15, 0.2) is 48.5 Å². The highest BCUT2D eigenvalue weighted by molar-refractivity contribution is 6.30. The van der Waals surface area contributed by atoms with E-state index in [0.29, 0.717) is 17.3 Å². The van der Waals surface area contributed by atoms with Crippen molar-refractivity contribution >= 4 is 23.3 Å². The predicted octanol–water partition coefficient (Wildman–Crippen LogP) is 5.63. The Morgan fingerprint density at radius 1 is 1.12 bits per heavy atom. The van der Waals surface area contributed by atoms with Gasteiger partial charge in [-0.1, -0.05) is 42.6 Å². The average Bonchev–Trinajstić information content (AvgIpc) is 2.81. The number of anilines is 1. The van der Waals surface area contributed by atoms with E-state index in [1.165, 1.54) is 12.1 Å². The summed E-state index contributed by atoms with van der Waals surface area (Å²) in [6.45, 7) is 0.660. The Balaban J connectivity index is 1.82. The average molecular weight is 347 g/mol. The van der Waals surface area contributed by atoms with Crippen LogP contribution in [-0.4, -0.2) is 17.5 Å².